The van der Waals surface area contributed by atoms with Crippen molar-refractivity contribution < 1.29 is 8.42 Å². The number of sulfonamides is 1. The van der Waals surface area contributed by atoms with E-state index in [0.29, 0.717) is 22.6 Å². The summed E-state index contributed by atoms with van der Waals surface area (Å²) in [6.45, 7) is 6.21. The van der Waals surface area contributed by atoms with Gasteiger partial charge in [-0.3, -0.25) is 4.72 Å². The molecule has 7 heteroatoms. The molecule has 0 amide bonds. The Kier molecular flexibility index (Phi) is 4.84. The van der Waals surface area contributed by atoms with Crippen molar-refractivity contribution in [2.24, 2.45) is 0 Å². The molecule has 1 heterocycles. The predicted octanol–water partition coefficient (Wildman–Crippen LogP) is 4.65. The van der Waals surface area contributed by atoms with Gasteiger partial charge in [0.2, 0.25) is 0 Å². The summed E-state index contributed by atoms with van der Waals surface area (Å²) in [5.41, 5.74) is 4.85. The Morgan fingerprint density at radius 3 is 2.17 bits per heavy atom. The fourth-order valence-corrected chi connectivity index (χ4v) is 4.07. The summed E-state index contributed by atoms with van der Waals surface area (Å²) in [6, 6.07) is 20.0. The molecule has 148 valence electrons. The average molecular weight is 407 g/mol. The van der Waals surface area contributed by atoms with E-state index in [-0.39, 0.29) is 4.90 Å². The summed E-state index contributed by atoms with van der Waals surface area (Å²) in [5, 5.41) is 8.99. The molecule has 6 nitrogen and oxygen atoms in total. The standard InChI is InChI=1S/C22H22N4O2S/c1-15(2)17-6-9-19(10-7-17)26-23-21-13-8-18(14-22(21)24-26)25-29(27,28)20-11-4-16(3)5-12-20/h4-15,25H,1-3H3. The van der Waals surface area contributed by atoms with Gasteiger partial charge in [-0.25, -0.2) is 8.42 Å². The second kappa shape index (κ2) is 7.33. The van der Waals surface area contributed by atoms with Crippen LogP contribution in [0.1, 0.15) is 30.9 Å². The first-order valence-electron chi connectivity index (χ1n) is 9.39. The van der Waals surface area contributed by atoms with Crippen LogP contribution in [0, 0.1) is 6.92 Å². The van der Waals surface area contributed by atoms with E-state index in [1.165, 1.54) is 5.56 Å². The third-order valence-electron chi connectivity index (χ3n) is 4.75. The first-order valence-corrected chi connectivity index (χ1v) is 10.9. The van der Waals surface area contributed by atoms with Gasteiger partial charge in [0.05, 0.1) is 16.3 Å². The van der Waals surface area contributed by atoms with Crippen LogP contribution in [0.4, 0.5) is 5.69 Å². The average Bonchev–Trinajstić information content (AvgIpc) is 3.11. The highest BCUT2D eigenvalue weighted by Gasteiger charge is 2.15. The molecule has 0 aliphatic carbocycles. The molecule has 0 aliphatic rings. The summed E-state index contributed by atoms with van der Waals surface area (Å²) in [7, 11) is -3.66. The van der Waals surface area contributed by atoms with Crippen molar-refractivity contribution in [3.05, 3.63) is 77.9 Å². The fraction of sp³-hybridized carbons (Fsp3) is 0.182. The van der Waals surface area contributed by atoms with Gasteiger partial charge in [0.15, 0.2) is 0 Å². The number of hydrogen-bond donors (Lipinski definition) is 1. The molecular formula is C22H22N4O2S. The molecule has 1 aromatic heterocycles. The third kappa shape index (κ3) is 4.00. The Morgan fingerprint density at radius 1 is 0.862 bits per heavy atom. The minimum atomic E-state index is -3.66. The van der Waals surface area contributed by atoms with Crippen LogP contribution in [-0.2, 0) is 10.0 Å². The minimum Gasteiger partial charge on any atom is -0.280 e. The quantitative estimate of drug-likeness (QED) is 0.523. The predicted molar refractivity (Wildman–Crippen MR) is 115 cm³/mol. The molecule has 3 aromatic carbocycles. The topological polar surface area (TPSA) is 76.9 Å². The molecule has 1 N–H and O–H groups in total. The zero-order valence-electron chi connectivity index (χ0n) is 16.5. The van der Waals surface area contributed by atoms with Crippen molar-refractivity contribution in [2.75, 3.05) is 4.72 Å². The molecular weight excluding hydrogens is 384 g/mol. The van der Waals surface area contributed by atoms with Gasteiger partial charge < -0.3 is 0 Å². The molecule has 0 saturated carbocycles. The maximum absolute atomic E-state index is 12.6. The van der Waals surface area contributed by atoms with E-state index < -0.39 is 10.0 Å². The Hall–Kier alpha value is -3.19. The number of aromatic nitrogens is 3. The van der Waals surface area contributed by atoms with E-state index in [1.54, 1.807) is 47.3 Å². The smallest absolute Gasteiger partial charge is 0.261 e. The second-order valence-corrected chi connectivity index (χ2v) is 9.04. The number of nitrogens with one attached hydrogen (secondary N) is 1. The van der Waals surface area contributed by atoms with E-state index in [4.69, 9.17) is 0 Å². The van der Waals surface area contributed by atoms with E-state index in [1.807, 2.05) is 19.1 Å². The highest BCUT2D eigenvalue weighted by atomic mass is 32.2. The summed E-state index contributed by atoms with van der Waals surface area (Å²) >= 11 is 0. The van der Waals surface area contributed by atoms with Crippen LogP contribution in [0.25, 0.3) is 16.7 Å². The van der Waals surface area contributed by atoms with Crippen LogP contribution in [0.15, 0.2) is 71.6 Å². The molecule has 0 aliphatic heterocycles. The number of aryl methyl sites for hydroxylation is 1. The van der Waals surface area contributed by atoms with Crippen LogP contribution < -0.4 is 4.72 Å². The van der Waals surface area contributed by atoms with Gasteiger partial charge >= 0.3 is 0 Å². The SMILES string of the molecule is Cc1ccc(S(=O)(=O)Nc2ccc3nn(-c4ccc(C(C)C)cc4)nc3c2)cc1. The largest absolute Gasteiger partial charge is 0.280 e. The monoisotopic (exact) mass is 406 g/mol. The number of nitrogens with zero attached hydrogens (tertiary/aromatic N) is 3. The van der Waals surface area contributed by atoms with Crippen molar-refractivity contribution >= 4 is 26.7 Å². The van der Waals surface area contributed by atoms with Gasteiger partial charge in [0.1, 0.15) is 11.0 Å². The summed E-state index contributed by atoms with van der Waals surface area (Å²) in [4.78, 5) is 1.78. The minimum absolute atomic E-state index is 0.220. The van der Waals surface area contributed by atoms with Crippen molar-refractivity contribution in [3.63, 3.8) is 0 Å². The zero-order chi connectivity index (χ0) is 20.6. The Bertz CT molecular complexity index is 1260. The summed E-state index contributed by atoms with van der Waals surface area (Å²) in [6.07, 6.45) is 0. The fourth-order valence-electron chi connectivity index (χ4n) is 3.02. The zero-order valence-corrected chi connectivity index (χ0v) is 17.3. The molecule has 0 unspecified atom stereocenters. The van der Waals surface area contributed by atoms with Gasteiger partial charge in [-0.15, -0.1) is 10.2 Å². The lowest BCUT2D eigenvalue weighted by atomic mass is 10.0. The number of fused-ring (bicyclic) bond motifs is 1. The molecule has 0 fully saturated rings. The third-order valence-corrected chi connectivity index (χ3v) is 6.15. The molecule has 0 atom stereocenters. The van der Waals surface area contributed by atoms with Crippen LogP contribution >= 0.6 is 0 Å². The normalized spacial score (nSPS) is 11.9. The number of benzene rings is 3. The first kappa shape index (κ1) is 19.1. The van der Waals surface area contributed by atoms with E-state index in [2.05, 4.69) is 40.9 Å². The van der Waals surface area contributed by atoms with Crippen molar-refractivity contribution in [3.8, 4) is 5.69 Å². The van der Waals surface area contributed by atoms with E-state index in [9.17, 15) is 8.42 Å². The maximum atomic E-state index is 12.6. The number of hydrogen-bond acceptors (Lipinski definition) is 4. The summed E-state index contributed by atoms with van der Waals surface area (Å²) in [5.74, 6) is 0.456. The molecule has 0 spiro atoms. The van der Waals surface area contributed by atoms with Gasteiger partial charge in [0.25, 0.3) is 10.0 Å². The van der Waals surface area contributed by atoms with Gasteiger partial charge in [-0.05, 0) is 60.9 Å². The number of rotatable bonds is 5. The molecule has 0 saturated heterocycles. The molecule has 29 heavy (non-hydrogen) atoms. The highest BCUT2D eigenvalue weighted by Crippen LogP contribution is 2.22. The van der Waals surface area contributed by atoms with E-state index in [0.717, 1.165) is 11.3 Å². The molecule has 4 rings (SSSR count). The lowest BCUT2D eigenvalue weighted by Crippen LogP contribution is -2.12. The summed E-state index contributed by atoms with van der Waals surface area (Å²) < 4.78 is 27.8. The van der Waals surface area contributed by atoms with Gasteiger partial charge in [0, 0.05) is 0 Å². The lowest BCUT2D eigenvalue weighted by molar-refractivity contribution is 0.601. The van der Waals surface area contributed by atoms with Crippen molar-refractivity contribution in [2.45, 2.75) is 31.6 Å². The molecule has 0 radical (unpaired) electrons. The van der Waals surface area contributed by atoms with Gasteiger partial charge in [-0.2, -0.15) is 4.80 Å². The highest BCUT2D eigenvalue weighted by molar-refractivity contribution is 7.92. The Labute approximate surface area is 170 Å². The Morgan fingerprint density at radius 2 is 1.52 bits per heavy atom. The first-order chi connectivity index (χ1) is 13.8. The van der Waals surface area contributed by atoms with Crippen LogP contribution in [0.2, 0.25) is 0 Å². The van der Waals surface area contributed by atoms with Crippen LogP contribution in [-0.4, -0.2) is 23.4 Å². The van der Waals surface area contributed by atoms with Crippen LogP contribution in [0.5, 0.6) is 0 Å². The van der Waals surface area contributed by atoms with E-state index >= 15 is 0 Å². The number of anilines is 1. The second-order valence-electron chi connectivity index (χ2n) is 7.36. The molecule has 0 bridgehead atoms. The maximum Gasteiger partial charge on any atom is 0.261 e. The lowest BCUT2D eigenvalue weighted by Gasteiger charge is -2.08. The molecule has 4 aromatic rings. The van der Waals surface area contributed by atoms with Gasteiger partial charge in [-0.1, -0.05) is 43.7 Å². The van der Waals surface area contributed by atoms with Crippen molar-refractivity contribution in [1.29, 1.82) is 0 Å². The van der Waals surface area contributed by atoms with Crippen molar-refractivity contribution in [1.82, 2.24) is 15.0 Å². The van der Waals surface area contributed by atoms with Crippen LogP contribution in [0.3, 0.4) is 0 Å². The Balaban J connectivity index is 1.62.